The molecule has 1 fully saturated rings. The molecule has 6 nitrogen and oxygen atoms in total. The molecule has 0 bridgehead atoms. The second-order valence-electron chi connectivity index (χ2n) is 5.12. The molecule has 21 heavy (non-hydrogen) atoms. The lowest BCUT2D eigenvalue weighted by Gasteiger charge is -2.37. The van der Waals surface area contributed by atoms with Crippen LogP contribution in [0.1, 0.15) is 22.8 Å². The number of alkyl halides is 1. The van der Waals surface area contributed by atoms with Crippen molar-refractivity contribution >= 4 is 23.2 Å². The number of amides is 1. The zero-order valence-electron chi connectivity index (χ0n) is 11.9. The number of carbonyl (C=O) groups is 1. The number of rotatable bonds is 3. The SMILES string of the molecule is Cc1c(C(=O)N2CC(CCl)OCC2C)cccc1[N+](=O)[O-]. The lowest BCUT2D eigenvalue weighted by molar-refractivity contribution is -0.385. The molecule has 0 aromatic heterocycles. The highest BCUT2D eigenvalue weighted by molar-refractivity contribution is 6.18. The fourth-order valence-electron chi connectivity index (χ4n) is 2.40. The van der Waals surface area contributed by atoms with Crippen molar-refractivity contribution in [2.24, 2.45) is 0 Å². The standard InChI is InChI=1S/C14H17ClN2O4/c1-9-8-21-11(6-15)7-16(9)14(18)12-4-3-5-13(10(12)2)17(19)20/h3-5,9,11H,6-8H2,1-2H3. The molecule has 0 N–H and O–H groups in total. The number of halogens is 1. The first-order valence-electron chi connectivity index (χ1n) is 6.68. The van der Waals surface area contributed by atoms with Gasteiger partial charge in [-0.1, -0.05) is 6.07 Å². The van der Waals surface area contributed by atoms with Crippen LogP contribution in [-0.2, 0) is 4.74 Å². The quantitative estimate of drug-likeness (QED) is 0.488. The summed E-state index contributed by atoms with van der Waals surface area (Å²) in [5.74, 6) is 0.0897. The van der Waals surface area contributed by atoms with E-state index < -0.39 is 4.92 Å². The van der Waals surface area contributed by atoms with Crippen molar-refractivity contribution < 1.29 is 14.5 Å². The maximum atomic E-state index is 12.7. The summed E-state index contributed by atoms with van der Waals surface area (Å²) in [6.07, 6.45) is -0.203. The van der Waals surface area contributed by atoms with Gasteiger partial charge in [0.2, 0.25) is 0 Å². The van der Waals surface area contributed by atoms with Crippen LogP contribution >= 0.6 is 11.6 Å². The fraction of sp³-hybridized carbons (Fsp3) is 0.500. The molecule has 1 aromatic rings. The van der Waals surface area contributed by atoms with Gasteiger partial charge in [-0.05, 0) is 19.9 Å². The van der Waals surface area contributed by atoms with Crippen molar-refractivity contribution in [3.05, 3.63) is 39.4 Å². The summed E-state index contributed by atoms with van der Waals surface area (Å²) in [5.41, 5.74) is 0.690. The Hall–Kier alpha value is -1.66. The molecule has 1 aliphatic rings. The van der Waals surface area contributed by atoms with Crippen LogP contribution in [0.3, 0.4) is 0 Å². The predicted molar refractivity (Wildman–Crippen MR) is 78.8 cm³/mol. The van der Waals surface area contributed by atoms with Gasteiger partial charge in [0.1, 0.15) is 0 Å². The van der Waals surface area contributed by atoms with Gasteiger partial charge in [-0.2, -0.15) is 0 Å². The van der Waals surface area contributed by atoms with Crippen LogP contribution in [0.2, 0.25) is 0 Å². The minimum Gasteiger partial charge on any atom is -0.373 e. The summed E-state index contributed by atoms with van der Waals surface area (Å²) in [7, 11) is 0. The number of nitro benzene ring substituents is 1. The molecule has 2 unspecified atom stereocenters. The minimum absolute atomic E-state index is 0.0457. The molecule has 0 saturated carbocycles. The molecule has 0 radical (unpaired) electrons. The molecule has 0 spiro atoms. The van der Waals surface area contributed by atoms with E-state index >= 15 is 0 Å². The van der Waals surface area contributed by atoms with Crippen LogP contribution in [0, 0.1) is 17.0 Å². The molecule has 0 aliphatic carbocycles. The summed E-state index contributed by atoms with van der Waals surface area (Å²) < 4.78 is 5.51. The highest BCUT2D eigenvalue weighted by atomic mass is 35.5. The van der Waals surface area contributed by atoms with Crippen molar-refractivity contribution in [1.29, 1.82) is 0 Å². The topological polar surface area (TPSA) is 72.7 Å². The number of carbonyl (C=O) groups excluding carboxylic acids is 1. The number of ether oxygens (including phenoxy) is 1. The van der Waals surface area contributed by atoms with Crippen molar-refractivity contribution in [1.82, 2.24) is 4.90 Å². The van der Waals surface area contributed by atoms with Crippen molar-refractivity contribution in [2.45, 2.75) is 26.0 Å². The third-order valence-corrected chi connectivity index (χ3v) is 4.01. The average Bonchev–Trinajstić information content (AvgIpc) is 2.47. The zero-order valence-corrected chi connectivity index (χ0v) is 12.7. The monoisotopic (exact) mass is 312 g/mol. The van der Waals surface area contributed by atoms with Gasteiger partial charge < -0.3 is 9.64 Å². The Morgan fingerprint density at radius 1 is 1.57 bits per heavy atom. The first-order chi connectivity index (χ1) is 9.95. The maximum Gasteiger partial charge on any atom is 0.273 e. The smallest absolute Gasteiger partial charge is 0.273 e. The molecule has 114 valence electrons. The third kappa shape index (κ3) is 3.16. The second kappa shape index (κ2) is 6.41. The van der Waals surface area contributed by atoms with E-state index in [-0.39, 0.29) is 23.7 Å². The summed E-state index contributed by atoms with van der Waals surface area (Å²) in [5, 5.41) is 11.0. The van der Waals surface area contributed by atoms with E-state index in [2.05, 4.69) is 0 Å². The molecular formula is C14H17ClN2O4. The van der Waals surface area contributed by atoms with E-state index in [0.29, 0.717) is 30.2 Å². The Balaban J connectivity index is 2.31. The molecule has 7 heteroatoms. The van der Waals surface area contributed by atoms with Gasteiger partial charge in [-0.15, -0.1) is 11.6 Å². The molecule has 1 aromatic carbocycles. The number of benzene rings is 1. The number of morpholine rings is 1. The van der Waals surface area contributed by atoms with E-state index in [4.69, 9.17) is 16.3 Å². The van der Waals surface area contributed by atoms with E-state index in [1.807, 2.05) is 6.92 Å². The molecule has 2 atom stereocenters. The van der Waals surface area contributed by atoms with Crippen molar-refractivity contribution in [3.8, 4) is 0 Å². The van der Waals surface area contributed by atoms with Gasteiger partial charge in [0.25, 0.3) is 11.6 Å². The van der Waals surface area contributed by atoms with Crippen LogP contribution in [0.25, 0.3) is 0 Å². The Morgan fingerprint density at radius 2 is 2.29 bits per heavy atom. The van der Waals surface area contributed by atoms with E-state index in [1.165, 1.54) is 12.1 Å². The molecule has 1 amide bonds. The Kier molecular flexibility index (Phi) is 4.80. The summed E-state index contributed by atoms with van der Waals surface area (Å²) in [6, 6.07) is 4.46. The lowest BCUT2D eigenvalue weighted by atomic mass is 10.0. The summed E-state index contributed by atoms with van der Waals surface area (Å²) >= 11 is 5.79. The van der Waals surface area contributed by atoms with Crippen LogP contribution in [0.4, 0.5) is 5.69 Å². The van der Waals surface area contributed by atoms with Gasteiger partial charge in [0.05, 0.1) is 29.6 Å². The van der Waals surface area contributed by atoms with Gasteiger partial charge in [0.15, 0.2) is 0 Å². The Labute approximate surface area is 127 Å². The number of hydrogen-bond donors (Lipinski definition) is 0. The number of nitro groups is 1. The first kappa shape index (κ1) is 15.7. The zero-order chi connectivity index (χ0) is 15.6. The van der Waals surface area contributed by atoms with Crippen molar-refractivity contribution in [3.63, 3.8) is 0 Å². The van der Waals surface area contributed by atoms with Crippen molar-refractivity contribution in [2.75, 3.05) is 19.0 Å². The molecule has 1 heterocycles. The van der Waals surface area contributed by atoms with Gasteiger partial charge in [0, 0.05) is 23.7 Å². The van der Waals surface area contributed by atoms with Crippen LogP contribution in [0.15, 0.2) is 18.2 Å². The first-order valence-corrected chi connectivity index (χ1v) is 7.21. The molecule has 1 aliphatic heterocycles. The van der Waals surface area contributed by atoms with Gasteiger partial charge >= 0.3 is 0 Å². The van der Waals surface area contributed by atoms with Gasteiger partial charge in [-0.25, -0.2) is 0 Å². The maximum absolute atomic E-state index is 12.7. The van der Waals surface area contributed by atoms with Crippen LogP contribution < -0.4 is 0 Å². The highest BCUT2D eigenvalue weighted by Gasteiger charge is 2.31. The highest BCUT2D eigenvalue weighted by Crippen LogP contribution is 2.24. The molecular weight excluding hydrogens is 296 g/mol. The predicted octanol–water partition coefficient (Wildman–Crippen LogP) is 2.37. The van der Waals surface area contributed by atoms with Gasteiger partial charge in [-0.3, -0.25) is 14.9 Å². The lowest BCUT2D eigenvalue weighted by Crippen LogP contribution is -2.51. The molecule has 1 saturated heterocycles. The summed E-state index contributed by atoms with van der Waals surface area (Å²) in [4.78, 5) is 24.8. The average molecular weight is 313 g/mol. The Morgan fingerprint density at radius 3 is 2.90 bits per heavy atom. The molecule has 2 rings (SSSR count). The van der Waals surface area contributed by atoms with Crippen LogP contribution in [-0.4, -0.2) is 46.9 Å². The van der Waals surface area contributed by atoms with E-state index in [1.54, 1.807) is 17.9 Å². The van der Waals surface area contributed by atoms with E-state index in [9.17, 15) is 14.9 Å². The minimum atomic E-state index is -0.476. The second-order valence-corrected chi connectivity index (χ2v) is 5.43. The van der Waals surface area contributed by atoms with E-state index in [0.717, 1.165) is 0 Å². The third-order valence-electron chi connectivity index (χ3n) is 3.67. The fourth-order valence-corrected chi connectivity index (χ4v) is 2.59. The number of hydrogen-bond acceptors (Lipinski definition) is 4. The normalized spacial score (nSPS) is 22.1. The largest absolute Gasteiger partial charge is 0.373 e. The van der Waals surface area contributed by atoms with Crippen LogP contribution in [0.5, 0.6) is 0 Å². The number of nitrogens with zero attached hydrogens (tertiary/aromatic N) is 2. The summed E-state index contributed by atoms with van der Waals surface area (Å²) in [6.45, 7) is 4.29. The Bertz CT molecular complexity index is 564.